The van der Waals surface area contributed by atoms with Crippen molar-refractivity contribution in [3.8, 4) is 0 Å². The van der Waals surface area contributed by atoms with Gasteiger partial charge in [0.2, 0.25) is 0 Å². The average Bonchev–Trinajstić information content (AvgIpc) is 2.67. The Morgan fingerprint density at radius 1 is 1.59 bits per heavy atom. The van der Waals surface area contributed by atoms with E-state index in [0.29, 0.717) is 12.3 Å². The Bertz CT molecular complexity index is 426. The molecule has 0 saturated carbocycles. The van der Waals surface area contributed by atoms with Crippen LogP contribution in [0.3, 0.4) is 0 Å². The summed E-state index contributed by atoms with van der Waals surface area (Å²) in [5, 5.41) is 4.35. The van der Waals surface area contributed by atoms with Crippen LogP contribution in [0.4, 0.5) is 0 Å². The Labute approximate surface area is 101 Å². The van der Waals surface area contributed by atoms with Gasteiger partial charge in [-0.15, -0.1) is 0 Å². The topological polar surface area (TPSA) is 70.1 Å². The van der Waals surface area contributed by atoms with Crippen molar-refractivity contribution in [2.45, 2.75) is 45.7 Å². The summed E-state index contributed by atoms with van der Waals surface area (Å²) in [5.41, 5.74) is 8.58. The Morgan fingerprint density at radius 2 is 2.35 bits per heavy atom. The lowest BCUT2D eigenvalue weighted by Gasteiger charge is -2.19. The first kappa shape index (κ1) is 12.1. The third-order valence-electron chi connectivity index (χ3n) is 3.16. The number of hydrogen-bond acceptors (Lipinski definition) is 4. The van der Waals surface area contributed by atoms with Gasteiger partial charge in [0.15, 0.2) is 5.69 Å². The summed E-state index contributed by atoms with van der Waals surface area (Å²) < 4.78 is 6.91. The second-order valence-electron chi connectivity index (χ2n) is 4.31. The molecule has 1 aliphatic carbocycles. The van der Waals surface area contributed by atoms with Crippen LogP contribution in [0.2, 0.25) is 0 Å². The molecule has 0 spiro atoms. The van der Waals surface area contributed by atoms with Gasteiger partial charge in [-0.05, 0) is 26.7 Å². The zero-order valence-corrected chi connectivity index (χ0v) is 10.4. The fourth-order valence-electron chi connectivity index (χ4n) is 2.33. The van der Waals surface area contributed by atoms with E-state index in [1.165, 1.54) is 0 Å². The molecular weight excluding hydrogens is 218 g/mol. The molecule has 1 heterocycles. The number of esters is 1. The highest BCUT2D eigenvalue weighted by atomic mass is 16.5. The highest BCUT2D eigenvalue weighted by Crippen LogP contribution is 2.24. The number of ether oxygens (including phenoxy) is 1. The summed E-state index contributed by atoms with van der Waals surface area (Å²) in [7, 11) is 0. The molecule has 1 aromatic heterocycles. The summed E-state index contributed by atoms with van der Waals surface area (Å²) >= 11 is 0. The van der Waals surface area contributed by atoms with Crippen molar-refractivity contribution < 1.29 is 9.53 Å². The average molecular weight is 237 g/mol. The van der Waals surface area contributed by atoms with Gasteiger partial charge in [-0.2, -0.15) is 5.10 Å². The number of aromatic nitrogens is 2. The van der Waals surface area contributed by atoms with Gasteiger partial charge in [-0.25, -0.2) is 4.79 Å². The lowest BCUT2D eigenvalue weighted by Crippen LogP contribution is -2.29. The summed E-state index contributed by atoms with van der Waals surface area (Å²) in [6, 6.07) is 0.180. The molecule has 1 unspecified atom stereocenters. The van der Waals surface area contributed by atoms with Crippen LogP contribution < -0.4 is 5.73 Å². The van der Waals surface area contributed by atoms with Crippen molar-refractivity contribution in [1.29, 1.82) is 0 Å². The van der Waals surface area contributed by atoms with E-state index >= 15 is 0 Å². The molecule has 0 radical (unpaired) electrons. The molecule has 0 bridgehead atoms. The molecular formula is C12H19N3O2. The first-order chi connectivity index (χ1) is 8.17. The van der Waals surface area contributed by atoms with Crippen LogP contribution in [0.25, 0.3) is 0 Å². The molecule has 0 fully saturated rings. The van der Waals surface area contributed by atoms with Crippen LogP contribution in [0, 0.1) is 0 Å². The third kappa shape index (κ3) is 2.20. The SMILES string of the molecule is CCOC(=O)c1nn(CC)c2c1CCC(N)C2. The normalized spacial score (nSPS) is 18.9. The number of hydrogen-bond donors (Lipinski definition) is 1. The summed E-state index contributed by atoms with van der Waals surface area (Å²) in [4.78, 5) is 11.8. The van der Waals surface area contributed by atoms with Crippen LogP contribution >= 0.6 is 0 Å². The van der Waals surface area contributed by atoms with E-state index in [1.807, 2.05) is 11.6 Å². The number of carbonyl (C=O) groups excluding carboxylic acids is 1. The van der Waals surface area contributed by atoms with Gasteiger partial charge >= 0.3 is 5.97 Å². The van der Waals surface area contributed by atoms with E-state index in [4.69, 9.17) is 10.5 Å². The minimum absolute atomic E-state index is 0.180. The number of nitrogens with two attached hydrogens (primary N) is 1. The van der Waals surface area contributed by atoms with Crippen LogP contribution in [0.1, 0.15) is 42.0 Å². The number of rotatable bonds is 3. The standard InChI is InChI=1S/C12H19N3O2/c1-3-15-10-7-8(13)5-6-9(10)11(14-15)12(16)17-4-2/h8H,3-7,13H2,1-2H3. The van der Waals surface area contributed by atoms with E-state index in [0.717, 1.165) is 37.1 Å². The molecule has 0 saturated heterocycles. The smallest absolute Gasteiger partial charge is 0.359 e. The first-order valence-corrected chi connectivity index (χ1v) is 6.18. The molecule has 5 heteroatoms. The van der Waals surface area contributed by atoms with E-state index in [1.54, 1.807) is 6.92 Å². The zero-order chi connectivity index (χ0) is 12.4. The highest BCUT2D eigenvalue weighted by Gasteiger charge is 2.27. The molecule has 0 aliphatic heterocycles. The Hall–Kier alpha value is -1.36. The monoisotopic (exact) mass is 237 g/mol. The fourth-order valence-corrected chi connectivity index (χ4v) is 2.33. The minimum atomic E-state index is -0.313. The van der Waals surface area contributed by atoms with Crippen molar-refractivity contribution in [3.05, 3.63) is 17.0 Å². The largest absolute Gasteiger partial charge is 0.461 e. The molecule has 2 rings (SSSR count). The number of nitrogens with zero attached hydrogens (tertiary/aromatic N) is 2. The van der Waals surface area contributed by atoms with Crippen molar-refractivity contribution in [2.75, 3.05) is 6.61 Å². The van der Waals surface area contributed by atoms with Gasteiger partial charge in [0, 0.05) is 30.3 Å². The summed E-state index contributed by atoms with van der Waals surface area (Å²) in [6.07, 6.45) is 2.54. The lowest BCUT2D eigenvalue weighted by atomic mass is 9.92. The van der Waals surface area contributed by atoms with Crippen molar-refractivity contribution in [1.82, 2.24) is 9.78 Å². The van der Waals surface area contributed by atoms with Gasteiger partial charge in [0.05, 0.1) is 6.61 Å². The predicted octanol–water partition coefficient (Wildman–Crippen LogP) is 0.896. The maximum Gasteiger partial charge on any atom is 0.359 e. The first-order valence-electron chi connectivity index (χ1n) is 6.18. The molecule has 17 heavy (non-hydrogen) atoms. The second-order valence-corrected chi connectivity index (χ2v) is 4.31. The molecule has 1 aromatic rings. The number of aryl methyl sites for hydroxylation is 1. The van der Waals surface area contributed by atoms with Crippen LogP contribution in [-0.2, 0) is 24.1 Å². The molecule has 2 N–H and O–H groups in total. The molecule has 0 amide bonds. The molecule has 5 nitrogen and oxygen atoms in total. The van der Waals surface area contributed by atoms with Gasteiger partial charge in [0.25, 0.3) is 0 Å². The van der Waals surface area contributed by atoms with Crippen molar-refractivity contribution >= 4 is 5.97 Å². The predicted molar refractivity (Wildman–Crippen MR) is 63.9 cm³/mol. The number of fused-ring (bicyclic) bond motifs is 1. The van der Waals surface area contributed by atoms with Gasteiger partial charge in [-0.1, -0.05) is 0 Å². The maximum atomic E-state index is 11.8. The quantitative estimate of drug-likeness (QED) is 0.793. The molecule has 1 atom stereocenters. The highest BCUT2D eigenvalue weighted by molar-refractivity contribution is 5.89. The fraction of sp³-hybridized carbons (Fsp3) is 0.667. The molecule has 1 aliphatic rings. The minimum Gasteiger partial charge on any atom is -0.461 e. The molecule has 0 aromatic carbocycles. The zero-order valence-electron chi connectivity index (χ0n) is 10.4. The van der Waals surface area contributed by atoms with Crippen molar-refractivity contribution in [3.63, 3.8) is 0 Å². The van der Waals surface area contributed by atoms with Crippen molar-refractivity contribution in [2.24, 2.45) is 5.73 Å². The van der Waals surface area contributed by atoms with Crippen LogP contribution in [0.5, 0.6) is 0 Å². The lowest BCUT2D eigenvalue weighted by molar-refractivity contribution is 0.0517. The van der Waals surface area contributed by atoms with Crippen LogP contribution in [0.15, 0.2) is 0 Å². The Morgan fingerprint density at radius 3 is 3.00 bits per heavy atom. The Balaban J connectivity index is 2.38. The van der Waals surface area contributed by atoms with E-state index in [-0.39, 0.29) is 12.0 Å². The third-order valence-corrected chi connectivity index (χ3v) is 3.16. The summed E-state index contributed by atoms with van der Waals surface area (Å²) in [5.74, 6) is -0.313. The van der Waals surface area contributed by atoms with E-state index in [9.17, 15) is 4.79 Å². The van der Waals surface area contributed by atoms with Gasteiger partial charge in [0.1, 0.15) is 0 Å². The summed E-state index contributed by atoms with van der Waals surface area (Å²) in [6.45, 7) is 4.96. The second kappa shape index (κ2) is 4.87. The van der Waals surface area contributed by atoms with E-state index in [2.05, 4.69) is 5.10 Å². The molecule has 94 valence electrons. The Kier molecular flexibility index (Phi) is 3.47. The van der Waals surface area contributed by atoms with E-state index < -0.39 is 0 Å². The van der Waals surface area contributed by atoms with Crippen LogP contribution in [-0.4, -0.2) is 28.4 Å². The van der Waals surface area contributed by atoms with Gasteiger partial charge in [-0.3, -0.25) is 4.68 Å². The number of carbonyl (C=O) groups is 1. The maximum absolute atomic E-state index is 11.8. The van der Waals surface area contributed by atoms with Gasteiger partial charge < -0.3 is 10.5 Å².